The molecule has 0 bridgehead atoms. The highest BCUT2D eigenvalue weighted by molar-refractivity contribution is 5.22. The lowest BCUT2D eigenvalue weighted by molar-refractivity contribution is 0.499. The van der Waals surface area contributed by atoms with E-state index in [1.54, 1.807) is 6.92 Å². The van der Waals surface area contributed by atoms with Crippen molar-refractivity contribution in [3.05, 3.63) is 35.4 Å². The van der Waals surface area contributed by atoms with E-state index in [1.165, 1.54) is 6.07 Å². The maximum absolute atomic E-state index is 12.9. The molecule has 0 fully saturated rings. The molecule has 0 spiro atoms. The molecule has 1 aromatic rings. The van der Waals surface area contributed by atoms with Gasteiger partial charge < -0.3 is 0 Å². The van der Waals surface area contributed by atoms with E-state index in [-0.39, 0.29) is 6.04 Å². The van der Waals surface area contributed by atoms with Crippen LogP contribution in [-0.4, -0.2) is 0 Å². The average Bonchev–Trinajstić information content (AvgIpc) is 2.24. The van der Waals surface area contributed by atoms with Crippen LogP contribution < -0.4 is 11.3 Å². The predicted molar refractivity (Wildman–Crippen MR) is 54.5 cm³/mol. The van der Waals surface area contributed by atoms with Gasteiger partial charge in [0.15, 0.2) is 11.6 Å². The van der Waals surface area contributed by atoms with Gasteiger partial charge in [-0.1, -0.05) is 6.07 Å². The summed E-state index contributed by atoms with van der Waals surface area (Å²) in [6.45, 7) is 1.71. The summed E-state index contributed by atoms with van der Waals surface area (Å²) in [5.74, 6) is 9.10. The molecule has 0 aliphatic heterocycles. The van der Waals surface area contributed by atoms with Gasteiger partial charge in [0.05, 0.1) is 6.04 Å². The number of benzene rings is 1. The summed E-state index contributed by atoms with van der Waals surface area (Å²) >= 11 is 0. The van der Waals surface area contributed by atoms with Gasteiger partial charge in [0.1, 0.15) is 0 Å². The average molecular weight is 210 g/mol. The van der Waals surface area contributed by atoms with Crippen LogP contribution in [0, 0.1) is 23.5 Å². The first-order valence-corrected chi connectivity index (χ1v) is 4.49. The summed E-state index contributed by atoms with van der Waals surface area (Å²) in [4.78, 5) is 0. The standard InChI is InChI=1S/C11H12F2N2/c1-2-3-4-11(15-14)8-5-6-9(12)10(13)7-8/h5-7,11,15H,4,14H2,1H3. The quantitative estimate of drug-likeness (QED) is 0.454. The second kappa shape index (κ2) is 5.44. The van der Waals surface area contributed by atoms with Crippen LogP contribution in [0.25, 0.3) is 0 Å². The minimum atomic E-state index is -0.878. The molecule has 0 saturated heterocycles. The third-order valence-corrected chi connectivity index (χ3v) is 2.03. The zero-order valence-corrected chi connectivity index (χ0v) is 8.35. The molecule has 80 valence electrons. The van der Waals surface area contributed by atoms with Crippen molar-refractivity contribution in [2.45, 2.75) is 19.4 Å². The number of nitrogens with two attached hydrogens (primary N) is 1. The Hall–Kier alpha value is -1.44. The fourth-order valence-corrected chi connectivity index (χ4v) is 1.21. The van der Waals surface area contributed by atoms with Gasteiger partial charge in [-0.15, -0.1) is 11.8 Å². The first-order valence-electron chi connectivity index (χ1n) is 4.49. The van der Waals surface area contributed by atoms with Crippen molar-refractivity contribution in [2.24, 2.45) is 5.84 Å². The minimum absolute atomic E-state index is 0.285. The van der Waals surface area contributed by atoms with E-state index in [0.717, 1.165) is 12.1 Å². The molecule has 1 unspecified atom stereocenters. The molecule has 1 rings (SSSR count). The van der Waals surface area contributed by atoms with Gasteiger partial charge in [0, 0.05) is 6.42 Å². The minimum Gasteiger partial charge on any atom is -0.271 e. The van der Waals surface area contributed by atoms with Gasteiger partial charge in [-0.3, -0.25) is 11.3 Å². The largest absolute Gasteiger partial charge is 0.271 e. The molecule has 0 aliphatic carbocycles. The Bertz CT molecular complexity index is 393. The second-order valence-corrected chi connectivity index (χ2v) is 3.02. The molecule has 1 aromatic carbocycles. The first-order chi connectivity index (χ1) is 7.19. The highest BCUT2D eigenvalue weighted by Gasteiger charge is 2.10. The zero-order chi connectivity index (χ0) is 11.3. The lowest BCUT2D eigenvalue weighted by Gasteiger charge is -2.13. The lowest BCUT2D eigenvalue weighted by Crippen LogP contribution is -2.27. The van der Waals surface area contributed by atoms with Crippen molar-refractivity contribution < 1.29 is 8.78 Å². The van der Waals surface area contributed by atoms with Crippen molar-refractivity contribution in [3.63, 3.8) is 0 Å². The molecule has 15 heavy (non-hydrogen) atoms. The molecular formula is C11H12F2N2. The SMILES string of the molecule is CC#CCC(NN)c1ccc(F)c(F)c1. The van der Waals surface area contributed by atoms with E-state index >= 15 is 0 Å². The molecule has 0 saturated carbocycles. The van der Waals surface area contributed by atoms with Gasteiger partial charge in [0.25, 0.3) is 0 Å². The van der Waals surface area contributed by atoms with Crippen molar-refractivity contribution >= 4 is 0 Å². The van der Waals surface area contributed by atoms with E-state index in [9.17, 15) is 8.78 Å². The molecule has 0 radical (unpaired) electrons. The van der Waals surface area contributed by atoms with Gasteiger partial charge in [-0.2, -0.15) is 0 Å². The summed E-state index contributed by atoms with van der Waals surface area (Å²) in [7, 11) is 0. The smallest absolute Gasteiger partial charge is 0.159 e. The molecule has 0 aliphatic rings. The Labute approximate surface area is 87.4 Å². The Morgan fingerprint density at radius 1 is 1.40 bits per heavy atom. The number of halogens is 2. The Kier molecular flexibility index (Phi) is 4.22. The van der Waals surface area contributed by atoms with Gasteiger partial charge in [-0.25, -0.2) is 8.78 Å². The van der Waals surface area contributed by atoms with Crippen LogP contribution in [0.3, 0.4) is 0 Å². The Balaban J connectivity index is 2.90. The second-order valence-electron chi connectivity index (χ2n) is 3.02. The summed E-state index contributed by atoms with van der Waals surface area (Å²) < 4.78 is 25.6. The summed E-state index contributed by atoms with van der Waals surface area (Å²) in [6, 6.07) is 3.40. The number of hydrazine groups is 1. The van der Waals surface area contributed by atoms with Gasteiger partial charge in [0.2, 0.25) is 0 Å². The monoisotopic (exact) mass is 210 g/mol. The molecule has 0 heterocycles. The molecule has 2 nitrogen and oxygen atoms in total. The van der Waals surface area contributed by atoms with E-state index in [1.807, 2.05) is 0 Å². The van der Waals surface area contributed by atoms with E-state index in [2.05, 4.69) is 17.3 Å². The van der Waals surface area contributed by atoms with E-state index in [4.69, 9.17) is 5.84 Å². The fraction of sp³-hybridized carbons (Fsp3) is 0.273. The predicted octanol–water partition coefficient (Wildman–Crippen LogP) is 1.88. The van der Waals surface area contributed by atoms with Crippen molar-refractivity contribution in [2.75, 3.05) is 0 Å². The number of nitrogens with one attached hydrogen (secondary N) is 1. The van der Waals surface area contributed by atoms with E-state index < -0.39 is 11.6 Å². The molecular weight excluding hydrogens is 198 g/mol. The van der Waals surface area contributed by atoms with Crippen molar-refractivity contribution in [1.82, 2.24) is 5.43 Å². The topological polar surface area (TPSA) is 38.0 Å². The Morgan fingerprint density at radius 2 is 2.13 bits per heavy atom. The van der Waals surface area contributed by atoms with Crippen molar-refractivity contribution in [3.8, 4) is 11.8 Å². The van der Waals surface area contributed by atoms with Crippen LogP contribution in [-0.2, 0) is 0 Å². The highest BCUT2D eigenvalue weighted by Crippen LogP contribution is 2.18. The molecule has 0 aromatic heterocycles. The third kappa shape index (κ3) is 3.01. The normalized spacial score (nSPS) is 11.7. The van der Waals surface area contributed by atoms with Crippen LogP contribution in [0.1, 0.15) is 24.9 Å². The maximum Gasteiger partial charge on any atom is 0.159 e. The maximum atomic E-state index is 12.9. The third-order valence-electron chi connectivity index (χ3n) is 2.03. The number of hydrogen-bond donors (Lipinski definition) is 2. The highest BCUT2D eigenvalue weighted by atomic mass is 19.2. The summed E-state index contributed by atoms with van der Waals surface area (Å²) in [5.41, 5.74) is 3.09. The Morgan fingerprint density at radius 3 is 2.67 bits per heavy atom. The van der Waals surface area contributed by atoms with Gasteiger partial charge >= 0.3 is 0 Å². The number of rotatable bonds is 3. The fourth-order valence-electron chi connectivity index (χ4n) is 1.21. The molecule has 4 heteroatoms. The zero-order valence-electron chi connectivity index (χ0n) is 8.35. The summed E-state index contributed by atoms with van der Waals surface area (Å²) in [5, 5.41) is 0. The molecule has 3 N–H and O–H groups in total. The van der Waals surface area contributed by atoms with Crippen LogP contribution in [0.5, 0.6) is 0 Å². The van der Waals surface area contributed by atoms with Gasteiger partial charge in [-0.05, 0) is 24.6 Å². The first kappa shape index (κ1) is 11.6. The van der Waals surface area contributed by atoms with Crippen LogP contribution in [0.2, 0.25) is 0 Å². The number of hydrogen-bond acceptors (Lipinski definition) is 2. The van der Waals surface area contributed by atoms with Crippen LogP contribution in [0.15, 0.2) is 18.2 Å². The van der Waals surface area contributed by atoms with Crippen molar-refractivity contribution in [1.29, 1.82) is 0 Å². The van der Waals surface area contributed by atoms with Crippen LogP contribution >= 0.6 is 0 Å². The van der Waals surface area contributed by atoms with Crippen LogP contribution in [0.4, 0.5) is 8.78 Å². The van der Waals surface area contributed by atoms with E-state index in [0.29, 0.717) is 12.0 Å². The summed E-state index contributed by atoms with van der Waals surface area (Å²) in [6.07, 6.45) is 0.456. The molecule has 0 amide bonds. The molecule has 1 atom stereocenters. The lowest BCUT2D eigenvalue weighted by atomic mass is 10.0.